The zero-order valence-electron chi connectivity index (χ0n) is 5.42. The third-order valence-electron chi connectivity index (χ3n) is 1.71. The maximum Gasteiger partial charge on any atom is 0.124 e. The predicted molar refractivity (Wildman–Crippen MR) is 35.9 cm³/mol. The van der Waals surface area contributed by atoms with Crippen molar-refractivity contribution in [2.75, 3.05) is 13.1 Å². The van der Waals surface area contributed by atoms with Gasteiger partial charge in [-0.15, -0.1) is 0 Å². The monoisotopic (exact) mass is 125 g/mol. The van der Waals surface area contributed by atoms with Crippen molar-refractivity contribution in [3.05, 3.63) is 12.8 Å². The smallest absolute Gasteiger partial charge is 0.124 e. The van der Waals surface area contributed by atoms with Crippen molar-refractivity contribution < 1.29 is 4.79 Å². The van der Waals surface area contributed by atoms with E-state index < -0.39 is 0 Å². The zero-order valence-corrected chi connectivity index (χ0v) is 5.42. The lowest BCUT2D eigenvalue weighted by atomic mass is 10.1. The Morgan fingerprint density at radius 2 is 2.44 bits per heavy atom. The van der Waals surface area contributed by atoms with Gasteiger partial charge in [0.05, 0.1) is 0 Å². The molecule has 0 N–H and O–H groups in total. The second-order valence-electron chi connectivity index (χ2n) is 2.36. The average Bonchev–Trinajstić information content (AvgIpc) is 2.34. The van der Waals surface area contributed by atoms with Gasteiger partial charge in [0.25, 0.3) is 0 Å². The molecule has 1 aliphatic heterocycles. The highest BCUT2D eigenvalue weighted by Crippen LogP contribution is 2.12. The molecule has 1 heterocycles. The van der Waals surface area contributed by atoms with Gasteiger partial charge in [0, 0.05) is 19.0 Å². The molecule has 0 bridgehead atoms. The molecule has 1 rings (SSSR count). The lowest BCUT2D eigenvalue weighted by molar-refractivity contribution is -0.110. The Morgan fingerprint density at radius 1 is 1.67 bits per heavy atom. The van der Waals surface area contributed by atoms with Crippen LogP contribution in [0.15, 0.2) is 12.8 Å². The van der Waals surface area contributed by atoms with E-state index in [0.717, 1.165) is 25.8 Å². The Balaban J connectivity index is 2.36. The number of aldehydes is 1. The predicted octanol–water partition coefficient (Wildman–Crippen LogP) is 0.651. The summed E-state index contributed by atoms with van der Waals surface area (Å²) in [5.74, 6) is 0.253. The quantitative estimate of drug-likeness (QED) is 0.505. The maximum absolute atomic E-state index is 10.2. The minimum absolute atomic E-state index is 0.253. The van der Waals surface area contributed by atoms with E-state index in [2.05, 4.69) is 11.5 Å². The summed E-state index contributed by atoms with van der Waals surface area (Å²) in [5.41, 5.74) is 0. The van der Waals surface area contributed by atoms with E-state index in [4.69, 9.17) is 0 Å². The van der Waals surface area contributed by atoms with Gasteiger partial charge in [0.15, 0.2) is 0 Å². The highest BCUT2D eigenvalue weighted by atomic mass is 16.1. The van der Waals surface area contributed by atoms with Crippen molar-refractivity contribution in [3.63, 3.8) is 0 Å². The highest BCUT2D eigenvalue weighted by molar-refractivity contribution is 5.54. The summed E-state index contributed by atoms with van der Waals surface area (Å²) < 4.78 is 0. The molecule has 0 aromatic heterocycles. The number of nitrogens with zero attached hydrogens (tertiary/aromatic N) is 1. The first kappa shape index (κ1) is 6.33. The number of rotatable bonds is 2. The highest BCUT2D eigenvalue weighted by Gasteiger charge is 2.17. The van der Waals surface area contributed by atoms with Crippen LogP contribution in [0, 0.1) is 5.92 Å². The van der Waals surface area contributed by atoms with Crippen LogP contribution >= 0.6 is 0 Å². The van der Waals surface area contributed by atoms with Gasteiger partial charge in [0.2, 0.25) is 0 Å². The van der Waals surface area contributed by atoms with E-state index >= 15 is 0 Å². The van der Waals surface area contributed by atoms with E-state index in [-0.39, 0.29) is 5.92 Å². The van der Waals surface area contributed by atoms with Crippen LogP contribution in [0.5, 0.6) is 0 Å². The van der Waals surface area contributed by atoms with Crippen LogP contribution in [0.1, 0.15) is 6.42 Å². The van der Waals surface area contributed by atoms with Crippen LogP contribution < -0.4 is 0 Å². The Labute approximate surface area is 55.2 Å². The van der Waals surface area contributed by atoms with Crippen molar-refractivity contribution in [3.8, 4) is 0 Å². The Kier molecular flexibility index (Phi) is 1.88. The molecule has 2 heteroatoms. The summed E-state index contributed by atoms with van der Waals surface area (Å²) in [6.45, 7) is 5.48. The Hall–Kier alpha value is -0.790. The van der Waals surface area contributed by atoms with Gasteiger partial charge in [-0.25, -0.2) is 0 Å². The molecular formula is C7H11NO. The molecule has 9 heavy (non-hydrogen) atoms. The summed E-state index contributed by atoms with van der Waals surface area (Å²) in [4.78, 5) is 12.3. The molecule has 0 radical (unpaired) electrons. The van der Waals surface area contributed by atoms with Crippen molar-refractivity contribution in [2.45, 2.75) is 6.42 Å². The summed E-state index contributed by atoms with van der Waals surface area (Å²) in [6.07, 6.45) is 3.82. The summed E-state index contributed by atoms with van der Waals surface area (Å²) in [7, 11) is 0. The number of carbonyl (C=O) groups excluding carboxylic acids is 1. The van der Waals surface area contributed by atoms with Crippen LogP contribution in [-0.4, -0.2) is 24.3 Å². The van der Waals surface area contributed by atoms with Gasteiger partial charge >= 0.3 is 0 Å². The topological polar surface area (TPSA) is 20.3 Å². The van der Waals surface area contributed by atoms with E-state index in [1.165, 1.54) is 0 Å². The molecular weight excluding hydrogens is 114 g/mol. The van der Waals surface area contributed by atoms with Crippen molar-refractivity contribution in [1.29, 1.82) is 0 Å². The molecule has 0 spiro atoms. The van der Waals surface area contributed by atoms with Gasteiger partial charge < -0.3 is 9.69 Å². The van der Waals surface area contributed by atoms with Crippen LogP contribution in [0.4, 0.5) is 0 Å². The fourth-order valence-corrected chi connectivity index (χ4v) is 1.09. The fourth-order valence-electron chi connectivity index (χ4n) is 1.09. The van der Waals surface area contributed by atoms with E-state index in [0.29, 0.717) is 0 Å². The number of hydrogen-bond acceptors (Lipinski definition) is 2. The normalized spacial score (nSPS) is 26.2. The Bertz CT molecular complexity index is 108. The summed E-state index contributed by atoms with van der Waals surface area (Å²) in [6, 6.07) is 0. The van der Waals surface area contributed by atoms with Crippen LogP contribution in [0.2, 0.25) is 0 Å². The van der Waals surface area contributed by atoms with Gasteiger partial charge in [-0.1, -0.05) is 6.58 Å². The third kappa shape index (κ3) is 1.31. The van der Waals surface area contributed by atoms with E-state index in [9.17, 15) is 4.79 Å². The van der Waals surface area contributed by atoms with Crippen LogP contribution in [0.3, 0.4) is 0 Å². The second kappa shape index (κ2) is 2.67. The van der Waals surface area contributed by atoms with E-state index in [1.54, 1.807) is 6.20 Å². The Morgan fingerprint density at radius 3 is 2.78 bits per heavy atom. The number of hydrogen-bond donors (Lipinski definition) is 0. The SMILES string of the molecule is C=CN1CCC(C=O)C1. The fraction of sp³-hybridized carbons (Fsp3) is 0.571. The first-order chi connectivity index (χ1) is 4.36. The molecule has 0 amide bonds. The largest absolute Gasteiger partial charge is 0.377 e. The van der Waals surface area contributed by atoms with E-state index in [1.807, 2.05) is 0 Å². The molecule has 1 fully saturated rings. The molecule has 1 saturated heterocycles. The summed E-state index contributed by atoms with van der Waals surface area (Å²) in [5, 5.41) is 0. The van der Waals surface area contributed by atoms with Crippen molar-refractivity contribution in [1.82, 2.24) is 4.90 Å². The van der Waals surface area contributed by atoms with Gasteiger partial charge in [0.1, 0.15) is 6.29 Å². The van der Waals surface area contributed by atoms with Gasteiger partial charge in [-0.3, -0.25) is 0 Å². The molecule has 1 aliphatic rings. The van der Waals surface area contributed by atoms with Crippen LogP contribution in [0.25, 0.3) is 0 Å². The van der Waals surface area contributed by atoms with Crippen molar-refractivity contribution >= 4 is 6.29 Å². The molecule has 0 aromatic rings. The minimum Gasteiger partial charge on any atom is -0.377 e. The zero-order chi connectivity index (χ0) is 6.69. The standard InChI is InChI=1S/C7H11NO/c1-2-8-4-3-7(5-8)6-9/h2,6-7H,1,3-5H2. The first-order valence-electron chi connectivity index (χ1n) is 3.18. The minimum atomic E-state index is 0.253. The van der Waals surface area contributed by atoms with Crippen molar-refractivity contribution in [2.24, 2.45) is 5.92 Å². The molecule has 0 saturated carbocycles. The first-order valence-corrected chi connectivity index (χ1v) is 3.18. The average molecular weight is 125 g/mol. The number of likely N-dealkylation sites (tertiary alicyclic amines) is 1. The van der Waals surface area contributed by atoms with Gasteiger partial charge in [-0.2, -0.15) is 0 Å². The molecule has 0 aromatic carbocycles. The number of carbonyl (C=O) groups is 1. The second-order valence-corrected chi connectivity index (χ2v) is 2.36. The molecule has 1 unspecified atom stereocenters. The molecule has 0 aliphatic carbocycles. The van der Waals surface area contributed by atoms with Gasteiger partial charge in [-0.05, 0) is 12.6 Å². The lowest BCUT2D eigenvalue weighted by Gasteiger charge is -2.08. The molecule has 2 nitrogen and oxygen atoms in total. The lowest BCUT2D eigenvalue weighted by Crippen LogP contribution is -2.12. The maximum atomic E-state index is 10.2. The van der Waals surface area contributed by atoms with Crippen LogP contribution in [-0.2, 0) is 4.79 Å². The molecule has 50 valence electrons. The molecule has 1 atom stereocenters. The summed E-state index contributed by atoms with van der Waals surface area (Å²) >= 11 is 0. The third-order valence-corrected chi connectivity index (χ3v) is 1.71.